The van der Waals surface area contributed by atoms with Crippen LogP contribution in [0.3, 0.4) is 0 Å². The largest absolute Gasteiger partial charge is 0.406 e. The van der Waals surface area contributed by atoms with Crippen molar-refractivity contribution in [3.8, 4) is 0 Å². The Balaban J connectivity index is 2.90. The molecule has 0 unspecified atom stereocenters. The van der Waals surface area contributed by atoms with Crippen LogP contribution >= 0.6 is 0 Å². The number of carbonyl (C=O) groups excluding carboxylic acids is 1. The standard InChI is InChI=1S/C14H19F3N2O/c1-10(2)8-19(9-14(15,16)17)13(20)12-5-3-11(7-18)4-6-12/h3-6,10H,7-9,18H2,1-2H3. The molecule has 0 heterocycles. The molecule has 0 aliphatic carbocycles. The van der Waals surface area contributed by atoms with Gasteiger partial charge in [-0.2, -0.15) is 13.2 Å². The second-order valence-electron chi connectivity index (χ2n) is 5.10. The van der Waals surface area contributed by atoms with Crippen molar-refractivity contribution in [1.82, 2.24) is 4.90 Å². The lowest BCUT2D eigenvalue weighted by Crippen LogP contribution is -2.41. The van der Waals surface area contributed by atoms with Gasteiger partial charge in [0.25, 0.3) is 5.91 Å². The van der Waals surface area contributed by atoms with E-state index in [4.69, 9.17) is 5.73 Å². The Labute approximate surface area is 116 Å². The Bertz CT molecular complexity index is 441. The zero-order chi connectivity index (χ0) is 15.3. The summed E-state index contributed by atoms with van der Waals surface area (Å²) in [5.74, 6) is -0.649. The number of rotatable bonds is 5. The van der Waals surface area contributed by atoms with E-state index in [1.54, 1.807) is 26.0 Å². The molecule has 0 radical (unpaired) electrons. The Morgan fingerprint density at radius 1 is 1.25 bits per heavy atom. The first kappa shape index (κ1) is 16.5. The SMILES string of the molecule is CC(C)CN(CC(F)(F)F)C(=O)c1ccc(CN)cc1. The van der Waals surface area contributed by atoms with E-state index in [0.717, 1.165) is 10.5 Å². The third kappa shape index (κ3) is 5.21. The van der Waals surface area contributed by atoms with E-state index in [-0.39, 0.29) is 18.0 Å². The molecule has 0 fully saturated rings. The fraction of sp³-hybridized carbons (Fsp3) is 0.500. The Morgan fingerprint density at radius 2 is 1.80 bits per heavy atom. The Kier molecular flexibility index (Phi) is 5.56. The molecular weight excluding hydrogens is 269 g/mol. The summed E-state index contributed by atoms with van der Waals surface area (Å²) >= 11 is 0. The molecule has 112 valence electrons. The summed E-state index contributed by atoms with van der Waals surface area (Å²) in [6.45, 7) is 2.70. The van der Waals surface area contributed by atoms with Gasteiger partial charge in [0, 0.05) is 18.7 Å². The highest BCUT2D eigenvalue weighted by molar-refractivity contribution is 5.94. The second-order valence-corrected chi connectivity index (χ2v) is 5.10. The van der Waals surface area contributed by atoms with E-state index in [1.807, 2.05) is 0 Å². The minimum absolute atomic E-state index is 0.0374. The van der Waals surface area contributed by atoms with Crippen LogP contribution in [0.4, 0.5) is 13.2 Å². The quantitative estimate of drug-likeness (QED) is 0.905. The van der Waals surface area contributed by atoms with Crippen LogP contribution in [0.1, 0.15) is 29.8 Å². The highest BCUT2D eigenvalue weighted by Crippen LogP contribution is 2.19. The maximum Gasteiger partial charge on any atom is 0.406 e. The number of nitrogens with two attached hydrogens (primary N) is 1. The molecule has 1 aromatic carbocycles. The molecule has 0 bridgehead atoms. The summed E-state index contributed by atoms with van der Waals surface area (Å²) < 4.78 is 37.6. The van der Waals surface area contributed by atoms with Gasteiger partial charge in [0.05, 0.1) is 0 Å². The molecule has 3 nitrogen and oxygen atoms in total. The Hall–Kier alpha value is -1.56. The predicted molar refractivity (Wildman–Crippen MR) is 71.1 cm³/mol. The fourth-order valence-corrected chi connectivity index (χ4v) is 1.84. The van der Waals surface area contributed by atoms with Crippen LogP contribution in [0.15, 0.2) is 24.3 Å². The molecule has 0 atom stereocenters. The predicted octanol–water partition coefficient (Wildman–Crippen LogP) is 2.81. The number of hydrogen-bond acceptors (Lipinski definition) is 2. The highest BCUT2D eigenvalue weighted by atomic mass is 19.4. The molecule has 1 aromatic rings. The number of alkyl halides is 3. The topological polar surface area (TPSA) is 46.3 Å². The maximum absolute atomic E-state index is 12.5. The molecule has 0 aromatic heterocycles. The van der Waals surface area contributed by atoms with Gasteiger partial charge in [0.1, 0.15) is 6.54 Å². The summed E-state index contributed by atoms with van der Waals surface area (Å²) in [6.07, 6.45) is -4.40. The summed E-state index contributed by atoms with van der Waals surface area (Å²) in [5, 5.41) is 0. The van der Waals surface area contributed by atoms with Crippen molar-refractivity contribution in [3.63, 3.8) is 0 Å². The van der Waals surface area contributed by atoms with E-state index < -0.39 is 18.6 Å². The number of amides is 1. The third-order valence-corrected chi connectivity index (χ3v) is 2.68. The van der Waals surface area contributed by atoms with Gasteiger partial charge in [-0.05, 0) is 23.6 Å². The van der Waals surface area contributed by atoms with Crippen LogP contribution in [-0.4, -0.2) is 30.1 Å². The summed E-state index contributed by atoms with van der Waals surface area (Å²) in [7, 11) is 0. The van der Waals surface area contributed by atoms with Gasteiger partial charge >= 0.3 is 6.18 Å². The first-order chi connectivity index (χ1) is 9.23. The van der Waals surface area contributed by atoms with Crippen molar-refractivity contribution in [1.29, 1.82) is 0 Å². The van der Waals surface area contributed by atoms with E-state index in [9.17, 15) is 18.0 Å². The normalized spacial score (nSPS) is 11.8. The van der Waals surface area contributed by atoms with E-state index in [0.29, 0.717) is 6.54 Å². The van der Waals surface area contributed by atoms with Gasteiger partial charge in [-0.3, -0.25) is 4.79 Å². The maximum atomic E-state index is 12.5. The van der Waals surface area contributed by atoms with Crippen LogP contribution < -0.4 is 5.73 Å². The van der Waals surface area contributed by atoms with Crippen molar-refractivity contribution >= 4 is 5.91 Å². The zero-order valence-electron chi connectivity index (χ0n) is 11.6. The second kappa shape index (κ2) is 6.74. The number of benzene rings is 1. The van der Waals surface area contributed by atoms with Crippen LogP contribution in [-0.2, 0) is 6.54 Å². The summed E-state index contributed by atoms with van der Waals surface area (Å²) in [4.78, 5) is 13.0. The van der Waals surface area contributed by atoms with Crippen molar-refractivity contribution in [3.05, 3.63) is 35.4 Å². The van der Waals surface area contributed by atoms with Crippen molar-refractivity contribution in [2.24, 2.45) is 11.7 Å². The van der Waals surface area contributed by atoms with Gasteiger partial charge < -0.3 is 10.6 Å². The lowest BCUT2D eigenvalue weighted by atomic mass is 10.1. The molecule has 0 aliphatic rings. The zero-order valence-corrected chi connectivity index (χ0v) is 11.6. The highest BCUT2D eigenvalue weighted by Gasteiger charge is 2.33. The molecule has 20 heavy (non-hydrogen) atoms. The average molecular weight is 288 g/mol. The van der Waals surface area contributed by atoms with Crippen LogP contribution in [0.5, 0.6) is 0 Å². The molecule has 6 heteroatoms. The van der Waals surface area contributed by atoms with Crippen LogP contribution in [0, 0.1) is 5.92 Å². The number of carbonyl (C=O) groups is 1. The molecule has 1 rings (SSSR count). The number of nitrogens with zero attached hydrogens (tertiary/aromatic N) is 1. The van der Waals surface area contributed by atoms with Crippen molar-refractivity contribution in [2.45, 2.75) is 26.6 Å². The van der Waals surface area contributed by atoms with Crippen LogP contribution in [0.25, 0.3) is 0 Å². The minimum Gasteiger partial charge on any atom is -0.329 e. The first-order valence-electron chi connectivity index (χ1n) is 6.38. The molecule has 0 saturated carbocycles. The molecule has 2 N–H and O–H groups in total. The fourth-order valence-electron chi connectivity index (χ4n) is 1.84. The van der Waals surface area contributed by atoms with Crippen LogP contribution in [0.2, 0.25) is 0 Å². The van der Waals surface area contributed by atoms with E-state index >= 15 is 0 Å². The van der Waals surface area contributed by atoms with Gasteiger partial charge in [0.2, 0.25) is 0 Å². The summed E-state index contributed by atoms with van der Waals surface area (Å²) in [5.41, 5.74) is 6.51. The monoisotopic (exact) mass is 288 g/mol. The molecule has 0 saturated heterocycles. The van der Waals surface area contributed by atoms with Gasteiger partial charge in [0.15, 0.2) is 0 Å². The van der Waals surface area contributed by atoms with Crippen molar-refractivity contribution < 1.29 is 18.0 Å². The van der Waals surface area contributed by atoms with Gasteiger partial charge in [-0.1, -0.05) is 26.0 Å². The summed E-state index contributed by atoms with van der Waals surface area (Å²) in [6, 6.07) is 6.31. The number of hydrogen-bond donors (Lipinski definition) is 1. The van der Waals surface area contributed by atoms with Gasteiger partial charge in [-0.15, -0.1) is 0 Å². The molecular formula is C14H19F3N2O. The molecule has 0 spiro atoms. The van der Waals surface area contributed by atoms with Crippen molar-refractivity contribution in [2.75, 3.05) is 13.1 Å². The first-order valence-corrected chi connectivity index (χ1v) is 6.38. The smallest absolute Gasteiger partial charge is 0.329 e. The molecule has 0 aliphatic heterocycles. The lowest BCUT2D eigenvalue weighted by Gasteiger charge is -2.25. The Morgan fingerprint density at radius 3 is 2.20 bits per heavy atom. The van der Waals surface area contributed by atoms with E-state index in [2.05, 4.69) is 0 Å². The third-order valence-electron chi connectivity index (χ3n) is 2.68. The van der Waals surface area contributed by atoms with Gasteiger partial charge in [-0.25, -0.2) is 0 Å². The number of halogens is 3. The van der Waals surface area contributed by atoms with E-state index in [1.165, 1.54) is 12.1 Å². The molecule has 1 amide bonds. The lowest BCUT2D eigenvalue weighted by molar-refractivity contribution is -0.141. The average Bonchev–Trinajstić information content (AvgIpc) is 2.35. The minimum atomic E-state index is -4.40.